The summed E-state index contributed by atoms with van der Waals surface area (Å²) in [7, 11) is 0. The standard InChI is InChI=1S/C55H87NO2S/c1-3-14-34(15-4-1)55(35-16-5-2-6-17-35)45-22-10-7-18-38(45)39-28-26-36(32-46(39)55)56(37-27-29-41-40-19-8-11-24-48(40)57-49(41)33-37)47-23-13-21-42-43-30-31-51-52(54(43)58-53(42)47)44-20-9-12-25-50(44)59-51/h34-54H,1-33H2. The van der Waals surface area contributed by atoms with E-state index in [4.69, 9.17) is 9.47 Å². The van der Waals surface area contributed by atoms with E-state index in [0.29, 0.717) is 35.9 Å². The summed E-state index contributed by atoms with van der Waals surface area (Å²) in [4.78, 5) is 3.45. The van der Waals surface area contributed by atoms with Crippen LogP contribution in [0.1, 0.15) is 212 Å². The second-order valence-electron chi connectivity index (χ2n) is 24.9. The first kappa shape index (κ1) is 39.6. The van der Waals surface area contributed by atoms with Crippen LogP contribution in [0.25, 0.3) is 0 Å². The van der Waals surface area contributed by atoms with Gasteiger partial charge in [-0.05, 0) is 199 Å². The van der Waals surface area contributed by atoms with E-state index in [1.54, 1.807) is 89.9 Å². The highest BCUT2D eigenvalue weighted by Gasteiger charge is 2.67. The third-order valence-corrected chi connectivity index (χ3v) is 25.0. The predicted octanol–water partition coefficient (Wildman–Crippen LogP) is 13.8. The van der Waals surface area contributed by atoms with E-state index in [2.05, 4.69) is 16.7 Å². The predicted molar refractivity (Wildman–Crippen MR) is 242 cm³/mol. The molecule has 0 aromatic heterocycles. The number of hydrogen-bond donors (Lipinski definition) is 0. The van der Waals surface area contributed by atoms with Crippen molar-refractivity contribution in [3.63, 3.8) is 0 Å². The van der Waals surface area contributed by atoms with E-state index in [9.17, 15) is 0 Å². The van der Waals surface area contributed by atoms with Gasteiger partial charge in [0.2, 0.25) is 0 Å². The summed E-state index contributed by atoms with van der Waals surface area (Å²) in [6, 6.07) is 2.19. The summed E-state index contributed by atoms with van der Waals surface area (Å²) in [5.41, 5.74) is 0.669. The molecular formula is C55H87NO2S. The fourth-order valence-corrected chi connectivity index (χ4v) is 23.6. The largest absolute Gasteiger partial charge is 0.374 e. The molecule has 0 aromatic rings. The first-order valence-electron chi connectivity index (χ1n) is 28.0. The van der Waals surface area contributed by atoms with Crippen LogP contribution in [0.5, 0.6) is 0 Å². The monoisotopic (exact) mass is 826 g/mol. The normalized spacial score (nSPS) is 53.3. The van der Waals surface area contributed by atoms with E-state index in [0.717, 1.165) is 93.6 Å². The Balaban J connectivity index is 0.858. The number of thioether (sulfide) groups is 1. The van der Waals surface area contributed by atoms with Gasteiger partial charge in [0.05, 0.1) is 24.4 Å². The summed E-state index contributed by atoms with van der Waals surface area (Å²) >= 11 is 2.47. The van der Waals surface area contributed by atoms with E-state index < -0.39 is 0 Å². The Morgan fingerprint density at radius 1 is 0.373 bits per heavy atom. The molecule has 3 aliphatic heterocycles. The van der Waals surface area contributed by atoms with Gasteiger partial charge in [-0.1, -0.05) is 83.5 Å². The highest BCUT2D eigenvalue weighted by Crippen LogP contribution is 2.72. The average Bonchev–Trinajstić information content (AvgIpc) is 4.05. The van der Waals surface area contributed by atoms with Crippen molar-refractivity contribution in [1.29, 1.82) is 0 Å². The maximum atomic E-state index is 7.98. The summed E-state index contributed by atoms with van der Waals surface area (Å²) in [5, 5.41) is 1.87. The van der Waals surface area contributed by atoms with Crippen molar-refractivity contribution in [2.24, 2.45) is 76.4 Å². The van der Waals surface area contributed by atoms with Crippen LogP contribution in [-0.2, 0) is 9.47 Å². The van der Waals surface area contributed by atoms with Crippen LogP contribution in [0.2, 0.25) is 0 Å². The molecule has 10 saturated carbocycles. The Morgan fingerprint density at radius 2 is 0.966 bits per heavy atom. The highest BCUT2D eigenvalue weighted by atomic mass is 32.2. The van der Waals surface area contributed by atoms with Gasteiger partial charge in [0, 0.05) is 34.5 Å². The van der Waals surface area contributed by atoms with Gasteiger partial charge in [0.25, 0.3) is 0 Å². The molecule has 0 amide bonds. The maximum absolute atomic E-state index is 7.98. The van der Waals surface area contributed by atoms with Crippen molar-refractivity contribution in [2.45, 2.75) is 265 Å². The smallest absolute Gasteiger partial charge is 0.0766 e. The molecule has 13 rings (SSSR count). The van der Waals surface area contributed by atoms with Crippen LogP contribution in [-0.4, -0.2) is 57.9 Å². The van der Waals surface area contributed by atoms with Crippen molar-refractivity contribution in [2.75, 3.05) is 0 Å². The van der Waals surface area contributed by atoms with Crippen LogP contribution < -0.4 is 0 Å². The van der Waals surface area contributed by atoms with E-state index >= 15 is 0 Å². The first-order valence-corrected chi connectivity index (χ1v) is 28.9. The highest BCUT2D eigenvalue weighted by molar-refractivity contribution is 8.00. The van der Waals surface area contributed by atoms with Gasteiger partial charge in [-0.15, -0.1) is 0 Å². The van der Waals surface area contributed by atoms with E-state index in [-0.39, 0.29) is 0 Å². The lowest BCUT2D eigenvalue weighted by molar-refractivity contribution is -0.120. The van der Waals surface area contributed by atoms with Crippen molar-refractivity contribution >= 4 is 11.8 Å². The number of hydrogen-bond acceptors (Lipinski definition) is 4. The third-order valence-electron chi connectivity index (χ3n) is 23.2. The van der Waals surface area contributed by atoms with Crippen molar-refractivity contribution < 1.29 is 9.47 Å². The van der Waals surface area contributed by atoms with Crippen molar-refractivity contribution in [1.82, 2.24) is 4.90 Å². The maximum Gasteiger partial charge on any atom is 0.0766 e. The molecule has 0 radical (unpaired) electrons. The van der Waals surface area contributed by atoms with Gasteiger partial charge in [-0.3, -0.25) is 4.90 Å². The zero-order valence-corrected chi connectivity index (χ0v) is 38.4. The van der Waals surface area contributed by atoms with Crippen molar-refractivity contribution in [3.05, 3.63) is 0 Å². The Morgan fingerprint density at radius 3 is 1.78 bits per heavy atom. The molecule has 13 aliphatic rings. The lowest BCUT2D eigenvalue weighted by atomic mass is 9.48. The second-order valence-corrected chi connectivity index (χ2v) is 26.4. The minimum absolute atomic E-state index is 0.514. The Bertz CT molecular complexity index is 1450. The van der Waals surface area contributed by atoms with E-state index in [1.165, 1.54) is 122 Å². The molecule has 0 N–H and O–H groups in total. The van der Waals surface area contributed by atoms with Gasteiger partial charge in [0.1, 0.15) is 0 Å². The molecule has 3 nitrogen and oxygen atoms in total. The molecule has 19 atom stereocenters. The lowest BCUT2D eigenvalue weighted by Gasteiger charge is -2.58. The Kier molecular flexibility index (Phi) is 10.9. The van der Waals surface area contributed by atoms with Crippen LogP contribution in [0.3, 0.4) is 0 Å². The zero-order valence-electron chi connectivity index (χ0n) is 37.6. The SMILES string of the molecule is C1CCC(C2(C3CCCCC3)C3CCCCC3C3CCC(N(C4CCC5C(C4)OC4CCCCC45)C4CCCC5C6CCC7SC8CCCCC8C7C6OC54)CC32)CC1. The summed E-state index contributed by atoms with van der Waals surface area (Å²) < 4.78 is 15.2. The molecule has 13 fully saturated rings. The third kappa shape index (κ3) is 6.35. The van der Waals surface area contributed by atoms with Crippen LogP contribution in [0.4, 0.5) is 0 Å². The fraction of sp³-hybridized carbons (Fsp3) is 1.00. The molecule has 19 unspecified atom stereocenters. The van der Waals surface area contributed by atoms with E-state index in [1.807, 2.05) is 0 Å². The lowest BCUT2D eigenvalue weighted by Crippen LogP contribution is -2.60. The fourth-order valence-electron chi connectivity index (χ4n) is 21.6. The number of ether oxygens (including phenoxy) is 2. The topological polar surface area (TPSA) is 21.7 Å². The molecule has 0 bridgehead atoms. The zero-order chi connectivity index (χ0) is 38.7. The molecule has 4 heteroatoms. The van der Waals surface area contributed by atoms with Gasteiger partial charge >= 0.3 is 0 Å². The van der Waals surface area contributed by atoms with Gasteiger partial charge in [-0.2, -0.15) is 11.8 Å². The summed E-state index contributed by atoms with van der Waals surface area (Å²) in [5.74, 6) is 11.6. The molecular weight excluding hydrogens is 739 g/mol. The van der Waals surface area contributed by atoms with Crippen molar-refractivity contribution in [3.8, 4) is 0 Å². The van der Waals surface area contributed by atoms with Gasteiger partial charge in [0.15, 0.2) is 0 Å². The molecule has 10 aliphatic carbocycles. The molecule has 59 heavy (non-hydrogen) atoms. The minimum Gasteiger partial charge on any atom is -0.374 e. The van der Waals surface area contributed by atoms with Crippen LogP contribution in [0, 0.1) is 76.4 Å². The van der Waals surface area contributed by atoms with Crippen LogP contribution in [0.15, 0.2) is 0 Å². The molecule has 0 spiro atoms. The summed E-state index contributed by atoms with van der Waals surface area (Å²) in [6.07, 6.45) is 52.1. The Labute approximate surface area is 365 Å². The quantitative estimate of drug-likeness (QED) is 0.275. The van der Waals surface area contributed by atoms with Gasteiger partial charge < -0.3 is 9.47 Å². The first-order chi connectivity index (χ1) is 29.3. The number of fused-ring (bicyclic) bond motifs is 13. The molecule has 0 aromatic carbocycles. The molecule has 3 heterocycles. The second kappa shape index (κ2) is 16.3. The minimum atomic E-state index is 0.514. The average molecular weight is 826 g/mol. The number of nitrogens with zero attached hydrogens (tertiary/aromatic N) is 1. The number of rotatable bonds is 5. The molecule has 330 valence electrons. The van der Waals surface area contributed by atoms with Crippen LogP contribution >= 0.6 is 11.8 Å². The van der Waals surface area contributed by atoms with Gasteiger partial charge in [-0.25, -0.2) is 0 Å². The summed E-state index contributed by atoms with van der Waals surface area (Å²) in [6.45, 7) is 0. The Hall–Kier alpha value is 0.230. The molecule has 3 saturated heterocycles.